The molecule has 5 N–H and O–H groups in total. The standard InChI is InChI=1S/C18H19N3O9S/c1-8(22)30-6-10-7-31(28,29)17-13(16(25)21(17)14(10)18(26)27)20-15(24)12(19)9-2-4-11(23)5-3-9/h2-5,12-13,17,23H,6-7,19H2,1H3,(H,20,24)(H,26,27)/t12?,13-,17-/m0/s1. The fourth-order valence-electron chi connectivity index (χ4n) is 3.40. The van der Waals surface area contributed by atoms with Gasteiger partial charge >= 0.3 is 11.9 Å². The van der Waals surface area contributed by atoms with Gasteiger partial charge in [-0.2, -0.15) is 0 Å². The first-order valence-corrected chi connectivity index (χ1v) is 10.6. The number of sulfone groups is 1. The van der Waals surface area contributed by atoms with E-state index in [2.05, 4.69) is 5.32 Å². The Bertz CT molecular complexity index is 1090. The van der Waals surface area contributed by atoms with Crippen LogP contribution >= 0.6 is 0 Å². The number of aliphatic carboxylic acids is 1. The molecule has 1 aromatic rings. The molecule has 3 atom stereocenters. The fraction of sp³-hybridized carbons (Fsp3) is 0.333. The molecule has 0 aromatic heterocycles. The number of nitrogens with one attached hydrogen (secondary N) is 1. The lowest BCUT2D eigenvalue weighted by Gasteiger charge is -2.49. The Balaban J connectivity index is 1.85. The number of nitrogens with zero attached hydrogens (tertiary/aromatic N) is 1. The first-order chi connectivity index (χ1) is 14.4. The third kappa shape index (κ3) is 4.09. The number of ether oxygens (including phenoxy) is 1. The van der Waals surface area contributed by atoms with Crippen molar-refractivity contribution in [2.24, 2.45) is 5.73 Å². The zero-order chi connectivity index (χ0) is 23.1. The van der Waals surface area contributed by atoms with Crippen molar-refractivity contribution < 1.29 is 42.5 Å². The van der Waals surface area contributed by atoms with Crippen LogP contribution < -0.4 is 11.1 Å². The molecule has 1 unspecified atom stereocenters. The average molecular weight is 453 g/mol. The third-order valence-corrected chi connectivity index (χ3v) is 6.82. The first-order valence-electron chi connectivity index (χ1n) is 8.92. The summed E-state index contributed by atoms with van der Waals surface area (Å²) >= 11 is 0. The van der Waals surface area contributed by atoms with Crippen molar-refractivity contribution in [3.63, 3.8) is 0 Å². The van der Waals surface area contributed by atoms with E-state index in [9.17, 15) is 37.8 Å². The smallest absolute Gasteiger partial charge is 0.352 e. The lowest BCUT2D eigenvalue weighted by Crippen LogP contribution is -2.75. The first kappa shape index (κ1) is 22.2. The van der Waals surface area contributed by atoms with E-state index in [1.165, 1.54) is 24.3 Å². The Morgan fingerprint density at radius 2 is 1.90 bits per heavy atom. The van der Waals surface area contributed by atoms with Gasteiger partial charge in [0.05, 0.1) is 5.75 Å². The Morgan fingerprint density at radius 3 is 2.45 bits per heavy atom. The zero-order valence-corrected chi connectivity index (χ0v) is 17.0. The van der Waals surface area contributed by atoms with E-state index in [0.717, 1.165) is 6.92 Å². The number of hydrogen-bond acceptors (Lipinski definition) is 9. The van der Waals surface area contributed by atoms with Crippen LogP contribution in [0.4, 0.5) is 0 Å². The van der Waals surface area contributed by atoms with Gasteiger partial charge in [-0.1, -0.05) is 12.1 Å². The predicted octanol–water partition coefficient (Wildman–Crippen LogP) is -1.62. The summed E-state index contributed by atoms with van der Waals surface area (Å²) in [5.41, 5.74) is 5.30. The highest BCUT2D eigenvalue weighted by atomic mass is 32.2. The van der Waals surface area contributed by atoms with Crippen LogP contribution in [0.5, 0.6) is 5.75 Å². The van der Waals surface area contributed by atoms with Gasteiger partial charge in [0.25, 0.3) is 5.91 Å². The topological polar surface area (TPSA) is 193 Å². The Hall–Kier alpha value is -3.45. The lowest BCUT2D eigenvalue weighted by atomic mass is 10.0. The van der Waals surface area contributed by atoms with Crippen LogP contribution in [0.15, 0.2) is 35.5 Å². The molecule has 2 amide bonds. The molecule has 166 valence electrons. The van der Waals surface area contributed by atoms with Crippen molar-refractivity contribution in [1.82, 2.24) is 10.2 Å². The third-order valence-electron chi connectivity index (χ3n) is 4.85. The monoisotopic (exact) mass is 453 g/mol. The van der Waals surface area contributed by atoms with Gasteiger partial charge in [-0.05, 0) is 17.7 Å². The van der Waals surface area contributed by atoms with Gasteiger partial charge in [-0.25, -0.2) is 13.2 Å². The van der Waals surface area contributed by atoms with Crippen LogP contribution in [0.25, 0.3) is 0 Å². The Kier molecular flexibility index (Phi) is 5.74. The zero-order valence-electron chi connectivity index (χ0n) is 16.1. The van der Waals surface area contributed by atoms with Gasteiger partial charge in [-0.15, -0.1) is 0 Å². The number of esters is 1. The number of carboxylic acid groups (broad SMARTS) is 1. The SMILES string of the molecule is CC(=O)OCC1=C(C(=O)O)N2C(=O)[C@H](NC(=O)C(N)c3ccc(O)cc3)[C@@H]2S(=O)(=O)C1. The predicted molar refractivity (Wildman–Crippen MR) is 103 cm³/mol. The molecule has 1 fully saturated rings. The average Bonchev–Trinajstić information content (AvgIpc) is 2.69. The van der Waals surface area contributed by atoms with Crippen LogP contribution in [0, 0.1) is 0 Å². The van der Waals surface area contributed by atoms with Crippen molar-refractivity contribution in [3.05, 3.63) is 41.1 Å². The molecule has 3 rings (SSSR count). The summed E-state index contributed by atoms with van der Waals surface area (Å²) in [6, 6.07) is 2.60. The van der Waals surface area contributed by atoms with Crippen LogP contribution in [-0.2, 0) is 33.8 Å². The summed E-state index contributed by atoms with van der Waals surface area (Å²) in [7, 11) is -4.11. The molecule has 2 heterocycles. The number of aromatic hydroxyl groups is 1. The highest BCUT2D eigenvalue weighted by Gasteiger charge is 2.60. The van der Waals surface area contributed by atoms with E-state index in [-0.39, 0.29) is 11.3 Å². The normalized spacial score (nSPS) is 22.8. The molecular weight excluding hydrogens is 434 g/mol. The number of carbonyl (C=O) groups is 4. The number of carbonyl (C=O) groups excluding carboxylic acids is 3. The van der Waals surface area contributed by atoms with Crippen LogP contribution in [0.1, 0.15) is 18.5 Å². The second-order valence-electron chi connectivity index (χ2n) is 7.00. The van der Waals surface area contributed by atoms with Gasteiger partial charge in [0.15, 0.2) is 15.2 Å². The molecule has 0 aliphatic carbocycles. The second-order valence-corrected chi connectivity index (χ2v) is 9.10. The molecule has 1 saturated heterocycles. The minimum atomic E-state index is -4.11. The molecule has 0 radical (unpaired) electrons. The number of benzene rings is 1. The van der Waals surface area contributed by atoms with E-state index < -0.39 is 69.1 Å². The maximum atomic E-state index is 12.7. The summed E-state index contributed by atoms with van der Waals surface area (Å²) in [5.74, 6) is -4.93. The van der Waals surface area contributed by atoms with Gasteiger partial charge in [-0.3, -0.25) is 19.3 Å². The number of phenols is 1. The van der Waals surface area contributed by atoms with E-state index in [0.29, 0.717) is 10.5 Å². The minimum absolute atomic E-state index is 0.0491. The van der Waals surface area contributed by atoms with Crippen molar-refractivity contribution in [3.8, 4) is 5.75 Å². The van der Waals surface area contributed by atoms with Crippen LogP contribution in [0.3, 0.4) is 0 Å². The molecule has 0 bridgehead atoms. The van der Waals surface area contributed by atoms with E-state index in [4.69, 9.17) is 10.5 Å². The maximum Gasteiger partial charge on any atom is 0.352 e. The number of hydrogen-bond donors (Lipinski definition) is 4. The van der Waals surface area contributed by atoms with E-state index >= 15 is 0 Å². The molecule has 12 nitrogen and oxygen atoms in total. The largest absolute Gasteiger partial charge is 0.508 e. The van der Waals surface area contributed by atoms with Gasteiger partial charge in [0.2, 0.25) is 5.91 Å². The number of rotatable bonds is 6. The van der Waals surface area contributed by atoms with Gasteiger partial charge < -0.3 is 26.0 Å². The van der Waals surface area contributed by atoms with Crippen molar-refractivity contribution in [2.45, 2.75) is 24.4 Å². The summed E-state index contributed by atoms with van der Waals surface area (Å²) in [5, 5.41) is 19.4. The fourth-order valence-corrected chi connectivity index (χ4v) is 5.40. The quantitative estimate of drug-likeness (QED) is 0.287. The van der Waals surface area contributed by atoms with Crippen molar-refractivity contribution in [1.29, 1.82) is 0 Å². The van der Waals surface area contributed by atoms with Crippen molar-refractivity contribution >= 4 is 33.6 Å². The molecule has 2 aliphatic rings. The molecule has 0 spiro atoms. The summed E-state index contributed by atoms with van der Waals surface area (Å²) in [6.07, 6.45) is 0. The number of nitrogens with two attached hydrogens (primary N) is 1. The maximum absolute atomic E-state index is 12.7. The summed E-state index contributed by atoms with van der Waals surface area (Å²) < 4.78 is 30.1. The summed E-state index contributed by atoms with van der Waals surface area (Å²) in [6.45, 7) is 0.467. The minimum Gasteiger partial charge on any atom is -0.508 e. The number of β-lactam (4-membered cyclic amide) rings is 1. The Labute approximate surface area is 176 Å². The summed E-state index contributed by atoms with van der Waals surface area (Å²) in [4.78, 5) is 48.3. The molecule has 2 aliphatic heterocycles. The molecule has 1 aromatic carbocycles. The van der Waals surface area contributed by atoms with Gasteiger partial charge in [0.1, 0.15) is 30.1 Å². The van der Waals surface area contributed by atoms with E-state index in [1.54, 1.807) is 0 Å². The van der Waals surface area contributed by atoms with Crippen LogP contribution in [-0.4, -0.2) is 71.1 Å². The van der Waals surface area contributed by atoms with Gasteiger partial charge in [0, 0.05) is 12.5 Å². The molecule has 31 heavy (non-hydrogen) atoms. The lowest BCUT2D eigenvalue weighted by molar-refractivity contribution is -0.151. The number of amides is 2. The highest BCUT2D eigenvalue weighted by Crippen LogP contribution is 2.37. The van der Waals surface area contributed by atoms with Crippen molar-refractivity contribution in [2.75, 3.05) is 12.4 Å². The second kappa shape index (κ2) is 8.00. The number of carboxylic acids is 1. The molecule has 0 saturated carbocycles. The number of phenolic OH excluding ortho intramolecular Hbond substituents is 1. The van der Waals surface area contributed by atoms with Crippen LogP contribution in [0.2, 0.25) is 0 Å². The molecular formula is C18H19N3O9S. The number of fused-ring (bicyclic) bond motifs is 1. The Morgan fingerprint density at radius 1 is 1.29 bits per heavy atom. The van der Waals surface area contributed by atoms with E-state index in [1.807, 2.05) is 0 Å². The highest BCUT2D eigenvalue weighted by molar-refractivity contribution is 7.92. The molecule has 13 heteroatoms.